The highest BCUT2D eigenvalue weighted by atomic mass is 16.5. The zero-order valence-electron chi connectivity index (χ0n) is 21.1. The van der Waals surface area contributed by atoms with Gasteiger partial charge in [-0.1, -0.05) is 26.3 Å². The van der Waals surface area contributed by atoms with Gasteiger partial charge in [0.2, 0.25) is 0 Å². The maximum Gasteiger partial charge on any atom is 0.326 e. The van der Waals surface area contributed by atoms with E-state index >= 15 is 0 Å². The number of carboxylic acid groups (broad SMARTS) is 1. The molecule has 0 aliphatic carbocycles. The van der Waals surface area contributed by atoms with Gasteiger partial charge >= 0.3 is 12.0 Å². The first-order chi connectivity index (χ1) is 16.8. The highest BCUT2D eigenvalue weighted by molar-refractivity contribution is 5.83. The van der Waals surface area contributed by atoms with Gasteiger partial charge in [0.1, 0.15) is 6.04 Å². The Morgan fingerprint density at radius 2 is 1.60 bits per heavy atom. The van der Waals surface area contributed by atoms with Gasteiger partial charge in [-0.2, -0.15) is 0 Å². The predicted molar refractivity (Wildman–Crippen MR) is 131 cm³/mol. The number of fused-ring (bicyclic) bond motifs is 1. The van der Waals surface area contributed by atoms with Gasteiger partial charge < -0.3 is 34.3 Å². The summed E-state index contributed by atoms with van der Waals surface area (Å²) in [5.74, 6) is 0.968. The Kier molecular flexibility index (Phi) is 8.32. The van der Waals surface area contributed by atoms with E-state index in [4.69, 9.17) is 18.9 Å². The van der Waals surface area contributed by atoms with Crippen LogP contribution in [0, 0.1) is 5.92 Å². The second kappa shape index (κ2) is 11.2. The van der Waals surface area contributed by atoms with E-state index in [0.717, 1.165) is 16.7 Å². The number of hydrogen-bond donors (Lipinski definition) is 2. The molecular formula is C26H34N2O7. The van der Waals surface area contributed by atoms with Crippen LogP contribution >= 0.6 is 0 Å². The van der Waals surface area contributed by atoms with Gasteiger partial charge in [0.05, 0.1) is 34.5 Å². The van der Waals surface area contributed by atoms with E-state index < -0.39 is 24.1 Å². The van der Waals surface area contributed by atoms with E-state index in [9.17, 15) is 14.7 Å². The van der Waals surface area contributed by atoms with E-state index in [1.807, 2.05) is 38.1 Å². The summed E-state index contributed by atoms with van der Waals surface area (Å²) in [5.41, 5.74) is 2.68. The predicted octanol–water partition coefficient (Wildman–Crippen LogP) is 3.88. The molecule has 3 rings (SSSR count). The van der Waals surface area contributed by atoms with Crippen LogP contribution in [0.15, 0.2) is 30.3 Å². The monoisotopic (exact) mass is 486 g/mol. The topological polar surface area (TPSA) is 107 Å². The van der Waals surface area contributed by atoms with Crippen molar-refractivity contribution in [3.8, 4) is 23.0 Å². The van der Waals surface area contributed by atoms with E-state index in [2.05, 4.69) is 5.32 Å². The van der Waals surface area contributed by atoms with Crippen molar-refractivity contribution >= 4 is 12.0 Å². The number of benzene rings is 2. The average molecular weight is 487 g/mol. The SMILES string of the molecule is CC[C@H](C)[C@H](NC(=O)N1CCc2cc(OC)c(OC)cc2[C@@H]1c1ccc(OC)c(OC)c1)C(=O)O. The summed E-state index contributed by atoms with van der Waals surface area (Å²) in [6.07, 6.45) is 1.20. The average Bonchev–Trinajstić information content (AvgIpc) is 2.88. The Morgan fingerprint density at radius 1 is 1.00 bits per heavy atom. The van der Waals surface area contributed by atoms with Gasteiger partial charge in [0, 0.05) is 6.54 Å². The summed E-state index contributed by atoms with van der Waals surface area (Å²) in [6, 6.07) is 7.35. The van der Waals surface area contributed by atoms with E-state index in [1.54, 1.807) is 39.4 Å². The fourth-order valence-electron chi connectivity index (χ4n) is 4.45. The van der Waals surface area contributed by atoms with Gasteiger partial charge in [-0.05, 0) is 53.3 Å². The Bertz CT molecular complexity index is 1070. The van der Waals surface area contributed by atoms with Crippen LogP contribution in [0.5, 0.6) is 23.0 Å². The molecule has 9 heteroatoms. The lowest BCUT2D eigenvalue weighted by molar-refractivity contribution is -0.140. The molecular weight excluding hydrogens is 452 g/mol. The third-order valence-electron chi connectivity index (χ3n) is 6.62. The smallest absolute Gasteiger partial charge is 0.326 e. The van der Waals surface area contributed by atoms with Crippen LogP contribution < -0.4 is 24.3 Å². The summed E-state index contributed by atoms with van der Waals surface area (Å²) in [5, 5.41) is 12.5. The number of aliphatic carboxylic acids is 1. The van der Waals surface area contributed by atoms with E-state index in [0.29, 0.717) is 42.4 Å². The number of carboxylic acids is 1. The Morgan fingerprint density at radius 3 is 2.17 bits per heavy atom. The molecule has 0 aromatic heterocycles. The number of ether oxygens (including phenoxy) is 4. The molecule has 2 aromatic carbocycles. The first kappa shape index (κ1) is 26.0. The molecule has 0 saturated heterocycles. The molecule has 2 aromatic rings. The van der Waals surface area contributed by atoms with Gasteiger partial charge in [-0.15, -0.1) is 0 Å². The van der Waals surface area contributed by atoms with Gasteiger partial charge in [-0.25, -0.2) is 9.59 Å². The maximum atomic E-state index is 13.5. The number of carbonyl (C=O) groups excluding carboxylic acids is 1. The minimum atomic E-state index is -1.06. The van der Waals surface area contributed by atoms with Crippen molar-refractivity contribution in [3.63, 3.8) is 0 Å². The van der Waals surface area contributed by atoms with Crippen molar-refractivity contribution in [2.45, 2.75) is 38.8 Å². The van der Waals surface area contributed by atoms with E-state index in [-0.39, 0.29) is 5.92 Å². The third kappa shape index (κ3) is 5.23. The Balaban J connectivity index is 2.12. The molecule has 2 N–H and O–H groups in total. The Labute approximate surface area is 205 Å². The molecule has 2 amide bonds. The number of carbonyl (C=O) groups is 2. The molecule has 0 radical (unpaired) electrons. The van der Waals surface area contributed by atoms with Crippen LogP contribution in [-0.2, 0) is 11.2 Å². The summed E-state index contributed by atoms with van der Waals surface area (Å²) in [7, 11) is 6.26. The lowest BCUT2D eigenvalue weighted by atomic mass is 9.87. The van der Waals surface area contributed by atoms with Crippen LogP contribution in [0.3, 0.4) is 0 Å². The van der Waals surface area contributed by atoms with Crippen LogP contribution in [0.25, 0.3) is 0 Å². The summed E-state index contributed by atoms with van der Waals surface area (Å²) >= 11 is 0. The number of nitrogens with one attached hydrogen (secondary N) is 1. The number of methoxy groups -OCH3 is 4. The molecule has 0 spiro atoms. The van der Waals surface area contributed by atoms with Crippen molar-refractivity contribution < 1.29 is 33.6 Å². The van der Waals surface area contributed by atoms with Gasteiger partial charge in [0.25, 0.3) is 0 Å². The molecule has 9 nitrogen and oxygen atoms in total. The van der Waals surface area contributed by atoms with Crippen molar-refractivity contribution in [1.29, 1.82) is 0 Å². The van der Waals surface area contributed by atoms with Crippen LogP contribution in [0.1, 0.15) is 43.0 Å². The van der Waals surface area contributed by atoms with Crippen molar-refractivity contribution in [2.24, 2.45) is 5.92 Å². The number of rotatable bonds is 9. The van der Waals surface area contributed by atoms with Gasteiger partial charge in [0.15, 0.2) is 23.0 Å². The number of urea groups is 1. The molecule has 0 unspecified atom stereocenters. The first-order valence-corrected chi connectivity index (χ1v) is 11.6. The molecule has 1 aliphatic rings. The molecule has 190 valence electrons. The maximum absolute atomic E-state index is 13.5. The lowest BCUT2D eigenvalue weighted by Crippen LogP contribution is -2.53. The fraction of sp³-hybridized carbons (Fsp3) is 0.462. The number of nitrogens with zero attached hydrogens (tertiary/aromatic N) is 1. The minimum absolute atomic E-state index is 0.225. The standard InChI is InChI=1S/C26H34N2O7/c1-7-15(2)23(25(29)30)27-26(31)28-11-10-16-12-21(34-5)22(35-6)14-18(16)24(28)17-8-9-19(32-3)20(13-17)33-4/h8-9,12-15,23-24H,7,10-11H2,1-6H3,(H,27,31)(H,29,30)/t15-,23-,24-/m0/s1. The summed E-state index contributed by atoms with van der Waals surface area (Å²) in [6.45, 7) is 4.10. The van der Waals surface area contributed by atoms with Crippen LogP contribution in [0.4, 0.5) is 4.79 Å². The molecule has 0 fully saturated rings. The third-order valence-corrected chi connectivity index (χ3v) is 6.62. The second-order valence-corrected chi connectivity index (χ2v) is 8.52. The zero-order chi connectivity index (χ0) is 25.7. The van der Waals surface area contributed by atoms with Crippen LogP contribution in [-0.4, -0.2) is 63.0 Å². The first-order valence-electron chi connectivity index (χ1n) is 11.6. The molecule has 3 atom stereocenters. The highest BCUT2D eigenvalue weighted by Gasteiger charge is 2.36. The van der Waals surface area contributed by atoms with Crippen molar-refractivity contribution in [1.82, 2.24) is 10.2 Å². The highest BCUT2D eigenvalue weighted by Crippen LogP contribution is 2.42. The molecule has 0 bridgehead atoms. The lowest BCUT2D eigenvalue weighted by Gasteiger charge is -2.39. The summed E-state index contributed by atoms with van der Waals surface area (Å²) < 4.78 is 21.9. The molecule has 1 heterocycles. The minimum Gasteiger partial charge on any atom is -0.493 e. The molecule has 35 heavy (non-hydrogen) atoms. The number of amides is 2. The van der Waals surface area contributed by atoms with Crippen LogP contribution in [0.2, 0.25) is 0 Å². The van der Waals surface area contributed by atoms with Gasteiger partial charge in [-0.3, -0.25) is 0 Å². The molecule has 0 saturated carbocycles. The van der Waals surface area contributed by atoms with Crippen molar-refractivity contribution in [3.05, 3.63) is 47.0 Å². The number of hydrogen-bond acceptors (Lipinski definition) is 6. The normalized spacial score (nSPS) is 16.5. The zero-order valence-corrected chi connectivity index (χ0v) is 21.1. The fourth-order valence-corrected chi connectivity index (χ4v) is 4.45. The van der Waals surface area contributed by atoms with E-state index in [1.165, 1.54) is 0 Å². The largest absolute Gasteiger partial charge is 0.493 e. The molecule has 1 aliphatic heterocycles. The summed E-state index contributed by atoms with van der Waals surface area (Å²) in [4.78, 5) is 27.1. The second-order valence-electron chi connectivity index (χ2n) is 8.52. The Hall–Kier alpha value is -3.62. The van der Waals surface area contributed by atoms with Crippen molar-refractivity contribution in [2.75, 3.05) is 35.0 Å². The quantitative estimate of drug-likeness (QED) is 0.554.